The number of amides is 1. The number of rotatable bonds is 3. The van der Waals surface area contributed by atoms with Gasteiger partial charge >= 0.3 is 0 Å². The lowest BCUT2D eigenvalue weighted by Gasteiger charge is -2.13. The lowest BCUT2D eigenvalue weighted by Crippen LogP contribution is -2.24. The second-order valence-corrected chi connectivity index (χ2v) is 4.00. The van der Waals surface area contributed by atoms with Crippen molar-refractivity contribution in [1.29, 1.82) is 0 Å². The Morgan fingerprint density at radius 1 is 1.50 bits per heavy atom. The molecule has 2 aromatic rings. The molecule has 1 aromatic heterocycles. The van der Waals surface area contributed by atoms with Crippen LogP contribution >= 0.6 is 0 Å². The molecule has 1 aromatic carbocycles. The smallest absolute Gasteiger partial charge is 0.249 e. The van der Waals surface area contributed by atoms with Crippen molar-refractivity contribution >= 4 is 11.6 Å². The Kier molecular flexibility index (Phi) is 3.36. The van der Waals surface area contributed by atoms with Crippen LogP contribution in [0, 0.1) is 12.7 Å². The maximum absolute atomic E-state index is 13.1. The van der Waals surface area contributed by atoms with E-state index in [1.165, 1.54) is 29.5 Å². The zero-order chi connectivity index (χ0) is 13.1. The molecule has 5 nitrogen and oxygen atoms in total. The van der Waals surface area contributed by atoms with E-state index in [0.717, 1.165) is 5.56 Å². The summed E-state index contributed by atoms with van der Waals surface area (Å²) in [5, 5.41) is 6.56. The van der Waals surface area contributed by atoms with E-state index in [4.69, 9.17) is 0 Å². The fraction of sp³-hybridized carbons (Fsp3) is 0.250. The summed E-state index contributed by atoms with van der Waals surface area (Å²) in [5.41, 5.74) is 1.27. The van der Waals surface area contributed by atoms with Crippen LogP contribution in [0.15, 0.2) is 30.9 Å². The number of carbonyl (C=O) groups is 1. The monoisotopic (exact) mass is 248 g/mol. The number of nitrogens with zero attached hydrogens (tertiary/aromatic N) is 3. The minimum absolute atomic E-state index is 0.269. The molecule has 0 saturated carbocycles. The molecule has 0 aliphatic carbocycles. The second-order valence-electron chi connectivity index (χ2n) is 4.00. The molecule has 1 N–H and O–H groups in total. The molecule has 6 heteroatoms. The van der Waals surface area contributed by atoms with E-state index in [1.54, 1.807) is 19.9 Å². The minimum atomic E-state index is -0.504. The maximum atomic E-state index is 13.1. The topological polar surface area (TPSA) is 59.8 Å². The fourth-order valence-electron chi connectivity index (χ4n) is 1.50. The molecule has 2 rings (SSSR count). The first kappa shape index (κ1) is 12.2. The minimum Gasteiger partial charge on any atom is -0.324 e. The molecule has 0 aliphatic heterocycles. The predicted molar refractivity (Wildman–Crippen MR) is 64.5 cm³/mol. The first-order valence-corrected chi connectivity index (χ1v) is 5.49. The van der Waals surface area contributed by atoms with Crippen molar-refractivity contribution in [1.82, 2.24) is 14.8 Å². The molecule has 0 aliphatic rings. The van der Waals surface area contributed by atoms with Gasteiger partial charge in [0, 0.05) is 5.69 Å². The molecule has 0 radical (unpaired) electrons. The van der Waals surface area contributed by atoms with Crippen LogP contribution in [-0.4, -0.2) is 20.7 Å². The van der Waals surface area contributed by atoms with E-state index >= 15 is 0 Å². The summed E-state index contributed by atoms with van der Waals surface area (Å²) in [6.07, 6.45) is 2.82. The number of aryl methyl sites for hydroxylation is 1. The van der Waals surface area contributed by atoms with Gasteiger partial charge in [0.2, 0.25) is 5.91 Å². The number of anilines is 1. The molecule has 18 heavy (non-hydrogen) atoms. The molecule has 94 valence electrons. The summed E-state index contributed by atoms with van der Waals surface area (Å²) in [7, 11) is 0. The van der Waals surface area contributed by atoms with E-state index in [9.17, 15) is 9.18 Å². The Morgan fingerprint density at radius 2 is 2.28 bits per heavy atom. The quantitative estimate of drug-likeness (QED) is 0.902. The molecule has 0 bridgehead atoms. The summed E-state index contributed by atoms with van der Waals surface area (Å²) >= 11 is 0. The van der Waals surface area contributed by atoms with Gasteiger partial charge in [-0.15, -0.1) is 0 Å². The van der Waals surface area contributed by atoms with Crippen LogP contribution in [0.25, 0.3) is 0 Å². The van der Waals surface area contributed by atoms with Crippen LogP contribution in [-0.2, 0) is 4.79 Å². The Morgan fingerprint density at radius 3 is 2.94 bits per heavy atom. The van der Waals surface area contributed by atoms with Gasteiger partial charge in [-0.1, -0.05) is 6.07 Å². The third-order valence-electron chi connectivity index (χ3n) is 2.67. The Balaban J connectivity index is 2.14. The van der Waals surface area contributed by atoms with Crippen molar-refractivity contribution < 1.29 is 9.18 Å². The molecule has 0 fully saturated rings. The summed E-state index contributed by atoms with van der Waals surface area (Å²) in [5.74, 6) is -0.654. The lowest BCUT2D eigenvalue weighted by molar-refractivity contribution is -0.119. The highest BCUT2D eigenvalue weighted by atomic mass is 19.1. The van der Waals surface area contributed by atoms with E-state index < -0.39 is 6.04 Å². The first-order chi connectivity index (χ1) is 8.58. The zero-order valence-corrected chi connectivity index (χ0v) is 10.1. The summed E-state index contributed by atoms with van der Waals surface area (Å²) in [6, 6.07) is 3.76. The molecular weight excluding hydrogens is 235 g/mol. The van der Waals surface area contributed by atoms with Crippen LogP contribution in [0.4, 0.5) is 10.1 Å². The number of halogens is 1. The third kappa shape index (κ3) is 2.53. The van der Waals surface area contributed by atoms with Crippen molar-refractivity contribution in [2.45, 2.75) is 19.9 Å². The SMILES string of the molecule is Cc1ccc(F)cc1NC(=O)C(C)n1cncn1. The first-order valence-electron chi connectivity index (χ1n) is 5.49. The molecule has 1 amide bonds. The van der Waals surface area contributed by atoms with Gasteiger partial charge in [0.25, 0.3) is 0 Å². The molecule has 1 atom stereocenters. The van der Waals surface area contributed by atoms with Gasteiger partial charge < -0.3 is 5.32 Å². The van der Waals surface area contributed by atoms with Gasteiger partial charge in [-0.05, 0) is 31.5 Å². The highest BCUT2D eigenvalue weighted by Gasteiger charge is 2.16. The van der Waals surface area contributed by atoms with E-state index in [2.05, 4.69) is 15.4 Å². The largest absolute Gasteiger partial charge is 0.324 e. The van der Waals surface area contributed by atoms with Gasteiger partial charge in [0.15, 0.2) is 0 Å². The van der Waals surface area contributed by atoms with Crippen LogP contribution < -0.4 is 5.32 Å². The summed E-state index contributed by atoms with van der Waals surface area (Å²) < 4.78 is 14.5. The third-order valence-corrected chi connectivity index (χ3v) is 2.67. The van der Waals surface area contributed by atoms with E-state index in [0.29, 0.717) is 5.69 Å². The number of nitrogens with one attached hydrogen (secondary N) is 1. The summed E-state index contributed by atoms with van der Waals surface area (Å²) in [6.45, 7) is 3.49. The Hall–Kier alpha value is -2.24. The highest BCUT2D eigenvalue weighted by Crippen LogP contribution is 2.17. The Labute approximate surface area is 104 Å². The van der Waals surface area contributed by atoms with Crippen molar-refractivity contribution in [2.24, 2.45) is 0 Å². The fourth-order valence-corrected chi connectivity index (χ4v) is 1.50. The van der Waals surface area contributed by atoms with Crippen LogP contribution in [0.5, 0.6) is 0 Å². The van der Waals surface area contributed by atoms with Gasteiger partial charge in [-0.3, -0.25) is 4.79 Å². The maximum Gasteiger partial charge on any atom is 0.249 e. The van der Waals surface area contributed by atoms with Gasteiger partial charge in [-0.2, -0.15) is 5.10 Å². The van der Waals surface area contributed by atoms with Crippen LogP contribution in [0.3, 0.4) is 0 Å². The standard InChI is InChI=1S/C12H13FN4O/c1-8-3-4-10(13)5-11(8)16-12(18)9(2)17-7-14-6-15-17/h3-7,9H,1-2H3,(H,16,18). The summed E-state index contributed by atoms with van der Waals surface area (Å²) in [4.78, 5) is 15.7. The molecule has 1 heterocycles. The highest BCUT2D eigenvalue weighted by molar-refractivity contribution is 5.94. The number of hydrogen-bond acceptors (Lipinski definition) is 3. The van der Waals surface area contributed by atoms with Crippen LogP contribution in [0.2, 0.25) is 0 Å². The molecule has 0 spiro atoms. The van der Waals surface area contributed by atoms with Crippen molar-refractivity contribution in [3.63, 3.8) is 0 Å². The van der Waals surface area contributed by atoms with E-state index in [1.807, 2.05) is 0 Å². The number of carbonyl (C=O) groups excluding carboxylic acids is 1. The van der Waals surface area contributed by atoms with Crippen molar-refractivity contribution in [3.8, 4) is 0 Å². The number of hydrogen-bond donors (Lipinski definition) is 1. The number of benzene rings is 1. The van der Waals surface area contributed by atoms with Gasteiger partial charge in [-0.25, -0.2) is 14.1 Å². The molecule has 0 saturated heterocycles. The lowest BCUT2D eigenvalue weighted by atomic mass is 10.2. The molecule has 1 unspecified atom stereocenters. The second kappa shape index (κ2) is 4.95. The normalized spacial score (nSPS) is 12.2. The zero-order valence-electron chi connectivity index (χ0n) is 10.1. The van der Waals surface area contributed by atoms with Crippen molar-refractivity contribution in [2.75, 3.05) is 5.32 Å². The van der Waals surface area contributed by atoms with Gasteiger partial charge in [0.05, 0.1) is 0 Å². The van der Waals surface area contributed by atoms with Gasteiger partial charge in [0.1, 0.15) is 24.5 Å². The average molecular weight is 248 g/mol. The Bertz CT molecular complexity index is 553. The van der Waals surface area contributed by atoms with Crippen LogP contribution in [0.1, 0.15) is 18.5 Å². The predicted octanol–water partition coefficient (Wildman–Crippen LogP) is 1.93. The average Bonchev–Trinajstić information content (AvgIpc) is 2.86. The van der Waals surface area contributed by atoms with E-state index in [-0.39, 0.29) is 11.7 Å². The molecular formula is C12H13FN4O. The number of aromatic nitrogens is 3. The van der Waals surface area contributed by atoms with Crippen molar-refractivity contribution in [3.05, 3.63) is 42.2 Å².